The highest BCUT2D eigenvalue weighted by atomic mass is 16.6. The second-order valence-electron chi connectivity index (χ2n) is 4.93. The Bertz CT molecular complexity index is 267. The molecule has 0 heterocycles. The molecule has 0 aromatic carbocycles. The van der Waals surface area contributed by atoms with Crippen molar-refractivity contribution >= 4 is 5.97 Å². The van der Waals surface area contributed by atoms with Crippen molar-refractivity contribution in [2.75, 3.05) is 13.2 Å². The molecule has 0 saturated heterocycles. The molecule has 0 spiro atoms. The molecule has 1 N–H and O–H groups in total. The predicted octanol–water partition coefficient (Wildman–Crippen LogP) is 2.21. The number of aliphatic hydroxyl groups excluding tert-OH is 1. The third-order valence-corrected chi connectivity index (χ3v) is 3.14. The minimum atomic E-state index is -0.432. The Hall–Kier alpha value is -0.870. The molecule has 1 aliphatic carbocycles. The maximum Gasteiger partial charge on any atom is 0.333 e. The first-order valence-electron chi connectivity index (χ1n) is 6.72. The lowest BCUT2D eigenvalue weighted by Crippen LogP contribution is -2.30. The minimum absolute atomic E-state index is 0.0959. The molecule has 1 atom stereocenters. The van der Waals surface area contributed by atoms with Crippen LogP contribution in [0.1, 0.15) is 45.4 Å². The number of hydrogen-bond donors (Lipinski definition) is 1. The topological polar surface area (TPSA) is 55.8 Å². The molecular formula is C14H24O4. The Balaban J connectivity index is 2.31. The van der Waals surface area contributed by atoms with Crippen LogP contribution in [-0.2, 0) is 14.3 Å². The summed E-state index contributed by atoms with van der Waals surface area (Å²) in [7, 11) is 0. The Morgan fingerprint density at radius 3 is 2.44 bits per heavy atom. The van der Waals surface area contributed by atoms with Crippen LogP contribution < -0.4 is 0 Å². The van der Waals surface area contributed by atoms with E-state index in [0.717, 1.165) is 12.8 Å². The number of carbonyl (C=O) groups excluding carboxylic acids is 1. The number of hydrogen-bond acceptors (Lipinski definition) is 4. The van der Waals surface area contributed by atoms with Gasteiger partial charge in [0.05, 0.1) is 12.7 Å². The molecule has 1 unspecified atom stereocenters. The molecule has 104 valence electrons. The van der Waals surface area contributed by atoms with E-state index in [1.165, 1.54) is 25.7 Å². The van der Waals surface area contributed by atoms with E-state index < -0.39 is 12.1 Å². The molecule has 18 heavy (non-hydrogen) atoms. The monoisotopic (exact) mass is 256 g/mol. The van der Waals surface area contributed by atoms with Crippen LogP contribution in [0.3, 0.4) is 0 Å². The van der Waals surface area contributed by atoms with Crippen molar-refractivity contribution in [1.82, 2.24) is 0 Å². The minimum Gasteiger partial charge on any atom is -0.459 e. The van der Waals surface area contributed by atoms with Gasteiger partial charge in [-0.05, 0) is 19.8 Å². The number of carbonyl (C=O) groups is 1. The fraction of sp³-hybridized carbons (Fsp3) is 0.786. The van der Waals surface area contributed by atoms with E-state index >= 15 is 0 Å². The maximum atomic E-state index is 11.3. The molecule has 1 saturated carbocycles. The summed E-state index contributed by atoms with van der Waals surface area (Å²) in [5.74, 6) is -0.432. The number of esters is 1. The van der Waals surface area contributed by atoms with Crippen molar-refractivity contribution in [3.63, 3.8) is 0 Å². The smallest absolute Gasteiger partial charge is 0.333 e. The zero-order valence-corrected chi connectivity index (χ0v) is 11.2. The molecule has 1 aliphatic rings. The van der Waals surface area contributed by atoms with Crippen LogP contribution in [0.25, 0.3) is 0 Å². The molecule has 4 nitrogen and oxygen atoms in total. The van der Waals surface area contributed by atoms with Crippen molar-refractivity contribution < 1.29 is 19.4 Å². The molecule has 0 aromatic heterocycles. The summed E-state index contributed by atoms with van der Waals surface area (Å²) in [5.41, 5.74) is 0.362. The van der Waals surface area contributed by atoms with Crippen LogP contribution in [0, 0.1) is 0 Å². The van der Waals surface area contributed by atoms with Gasteiger partial charge in [0.2, 0.25) is 0 Å². The van der Waals surface area contributed by atoms with E-state index in [2.05, 4.69) is 6.58 Å². The maximum absolute atomic E-state index is 11.3. The van der Waals surface area contributed by atoms with Crippen molar-refractivity contribution in [2.45, 2.75) is 57.7 Å². The van der Waals surface area contributed by atoms with Gasteiger partial charge in [0.15, 0.2) is 0 Å². The lowest BCUT2D eigenvalue weighted by Gasteiger charge is -2.22. The summed E-state index contributed by atoms with van der Waals surface area (Å²) in [6.45, 7) is 5.08. The number of ether oxygens (including phenoxy) is 2. The molecule has 0 amide bonds. The van der Waals surface area contributed by atoms with Crippen LogP contribution in [0.15, 0.2) is 12.2 Å². The van der Waals surface area contributed by atoms with Gasteiger partial charge < -0.3 is 14.6 Å². The molecule has 4 heteroatoms. The molecule has 0 radical (unpaired) electrons. The summed E-state index contributed by atoms with van der Waals surface area (Å²) >= 11 is 0. The fourth-order valence-corrected chi connectivity index (χ4v) is 2.08. The molecule has 1 fully saturated rings. The largest absolute Gasteiger partial charge is 0.459 e. The molecule has 1 rings (SSSR count). The standard InChI is InChI=1S/C14H24O4/c1-11(2)14(16)17-10-13(9-15)18-12-7-5-3-4-6-8-12/h12-13,15H,1,3-10H2,2H3. The zero-order valence-electron chi connectivity index (χ0n) is 11.2. The Morgan fingerprint density at radius 2 is 1.94 bits per heavy atom. The lowest BCUT2D eigenvalue weighted by atomic mass is 10.1. The van der Waals surface area contributed by atoms with E-state index in [9.17, 15) is 9.90 Å². The van der Waals surface area contributed by atoms with E-state index in [1.807, 2.05) is 0 Å². The molecular weight excluding hydrogens is 232 g/mol. The van der Waals surface area contributed by atoms with E-state index in [1.54, 1.807) is 6.92 Å². The summed E-state index contributed by atoms with van der Waals surface area (Å²) in [4.78, 5) is 11.3. The normalized spacial score (nSPS) is 19.0. The third kappa shape index (κ3) is 5.65. The van der Waals surface area contributed by atoms with Crippen molar-refractivity contribution in [2.24, 2.45) is 0 Å². The van der Waals surface area contributed by atoms with E-state index in [-0.39, 0.29) is 19.3 Å². The van der Waals surface area contributed by atoms with Gasteiger partial charge in [-0.3, -0.25) is 0 Å². The Labute approximate surface area is 109 Å². The van der Waals surface area contributed by atoms with E-state index in [4.69, 9.17) is 9.47 Å². The van der Waals surface area contributed by atoms with E-state index in [0.29, 0.717) is 5.57 Å². The van der Waals surface area contributed by atoms with Gasteiger partial charge in [-0.1, -0.05) is 32.3 Å². The molecule has 0 aromatic rings. The third-order valence-electron chi connectivity index (χ3n) is 3.14. The predicted molar refractivity (Wildman–Crippen MR) is 69.2 cm³/mol. The average Bonchev–Trinajstić information content (AvgIpc) is 2.62. The molecule has 0 bridgehead atoms. The molecule has 0 aliphatic heterocycles. The second kappa shape index (κ2) is 8.27. The van der Waals surface area contributed by atoms with Crippen LogP contribution in [0.4, 0.5) is 0 Å². The highest BCUT2D eigenvalue weighted by molar-refractivity contribution is 5.86. The average molecular weight is 256 g/mol. The van der Waals surface area contributed by atoms with Crippen molar-refractivity contribution in [3.8, 4) is 0 Å². The lowest BCUT2D eigenvalue weighted by molar-refractivity contribution is -0.147. The zero-order chi connectivity index (χ0) is 13.4. The second-order valence-corrected chi connectivity index (χ2v) is 4.93. The summed E-state index contributed by atoms with van der Waals surface area (Å²) in [5, 5.41) is 9.24. The van der Waals surface area contributed by atoms with Gasteiger partial charge in [-0.2, -0.15) is 0 Å². The van der Waals surface area contributed by atoms with Crippen molar-refractivity contribution in [1.29, 1.82) is 0 Å². The van der Waals surface area contributed by atoms with Gasteiger partial charge >= 0.3 is 5.97 Å². The highest BCUT2D eigenvalue weighted by Crippen LogP contribution is 2.21. The number of rotatable bonds is 6. The first-order valence-corrected chi connectivity index (χ1v) is 6.72. The van der Waals surface area contributed by atoms with Gasteiger partial charge in [-0.25, -0.2) is 4.79 Å². The van der Waals surface area contributed by atoms with Gasteiger partial charge in [0.25, 0.3) is 0 Å². The highest BCUT2D eigenvalue weighted by Gasteiger charge is 2.19. The quantitative estimate of drug-likeness (QED) is 0.450. The van der Waals surface area contributed by atoms with Crippen LogP contribution in [-0.4, -0.2) is 36.5 Å². The first kappa shape index (κ1) is 15.2. The Kier molecular flexibility index (Phi) is 6.98. The van der Waals surface area contributed by atoms with Crippen LogP contribution in [0.2, 0.25) is 0 Å². The number of aliphatic hydroxyl groups is 1. The summed E-state index contributed by atoms with van der Waals surface area (Å²) in [6, 6.07) is 0. The fourth-order valence-electron chi connectivity index (χ4n) is 2.08. The Morgan fingerprint density at radius 1 is 1.33 bits per heavy atom. The van der Waals surface area contributed by atoms with Crippen LogP contribution >= 0.6 is 0 Å². The summed E-state index contributed by atoms with van der Waals surface area (Å²) < 4.78 is 10.8. The summed E-state index contributed by atoms with van der Waals surface area (Å²) in [6.07, 6.45) is 6.70. The van der Waals surface area contributed by atoms with Gasteiger partial charge in [0.1, 0.15) is 12.7 Å². The van der Waals surface area contributed by atoms with Crippen molar-refractivity contribution in [3.05, 3.63) is 12.2 Å². The SMILES string of the molecule is C=C(C)C(=O)OCC(CO)OC1CCCCCC1. The van der Waals surface area contributed by atoms with Crippen LogP contribution in [0.5, 0.6) is 0 Å². The van der Waals surface area contributed by atoms with Gasteiger partial charge in [0, 0.05) is 5.57 Å². The first-order chi connectivity index (χ1) is 8.63. The van der Waals surface area contributed by atoms with Gasteiger partial charge in [-0.15, -0.1) is 0 Å².